The Labute approximate surface area is 204 Å². The number of likely N-dealkylation sites (N-methyl/N-ethyl adjacent to an activating group) is 1. The van der Waals surface area contributed by atoms with E-state index in [2.05, 4.69) is 22.0 Å². The Kier molecular flexibility index (Phi) is 6.68. The van der Waals surface area contributed by atoms with Crippen molar-refractivity contribution in [3.8, 4) is 6.07 Å². The number of sulfone groups is 1. The van der Waals surface area contributed by atoms with Crippen LogP contribution in [0.1, 0.15) is 26.2 Å². The highest BCUT2D eigenvalue weighted by atomic mass is 35.5. The third kappa shape index (κ3) is 4.67. The van der Waals surface area contributed by atoms with E-state index in [4.69, 9.17) is 11.6 Å². The number of carbonyl (C=O) groups is 2. The first-order valence-electron chi connectivity index (χ1n) is 11.3. The average Bonchev–Trinajstić information content (AvgIpc) is 3.42. The van der Waals surface area contributed by atoms with Crippen LogP contribution in [-0.4, -0.2) is 91.4 Å². The second-order valence-electron chi connectivity index (χ2n) is 9.07. The molecule has 2 saturated heterocycles. The molecule has 1 aromatic rings. The van der Waals surface area contributed by atoms with Crippen molar-refractivity contribution in [2.45, 2.75) is 47.9 Å². The molecular weight excluding hydrogens is 482 g/mol. The van der Waals surface area contributed by atoms with Gasteiger partial charge in [0.15, 0.2) is 9.84 Å². The fourth-order valence-corrected chi connectivity index (χ4v) is 6.85. The van der Waals surface area contributed by atoms with Crippen molar-refractivity contribution in [3.05, 3.63) is 23.2 Å². The normalized spacial score (nSPS) is 24.5. The van der Waals surface area contributed by atoms with Crippen LogP contribution in [0.5, 0.6) is 0 Å². The summed E-state index contributed by atoms with van der Waals surface area (Å²) in [4.78, 5) is 29.7. The zero-order chi connectivity index (χ0) is 24.7. The van der Waals surface area contributed by atoms with Gasteiger partial charge in [-0.2, -0.15) is 5.26 Å². The monoisotopic (exact) mass is 509 g/mol. The van der Waals surface area contributed by atoms with Gasteiger partial charge in [-0.05, 0) is 44.0 Å². The number of hydrogen-bond donors (Lipinski definition) is 2. The quantitative estimate of drug-likeness (QED) is 0.590. The summed E-state index contributed by atoms with van der Waals surface area (Å²) in [5, 5.41) is 20.3. The summed E-state index contributed by atoms with van der Waals surface area (Å²) in [5.41, 5.74) is -0.137. The Hall–Kier alpha value is -2.55. The third-order valence-electron chi connectivity index (χ3n) is 6.98. The largest absolute Gasteiger partial charge is 0.465 e. The second-order valence-corrected chi connectivity index (χ2v) is 11.7. The molecule has 0 radical (unpaired) electrons. The molecule has 1 aromatic carbocycles. The van der Waals surface area contributed by atoms with Crippen LogP contribution in [0, 0.1) is 11.3 Å². The van der Waals surface area contributed by atoms with Crippen LogP contribution in [0.15, 0.2) is 23.1 Å². The van der Waals surface area contributed by atoms with Crippen LogP contribution in [-0.2, 0) is 14.6 Å². The van der Waals surface area contributed by atoms with Crippen molar-refractivity contribution in [2.75, 3.05) is 44.2 Å². The van der Waals surface area contributed by atoms with Crippen molar-refractivity contribution in [1.82, 2.24) is 15.1 Å². The maximum atomic E-state index is 13.4. The lowest BCUT2D eigenvalue weighted by atomic mass is 10.2. The third-order valence-corrected chi connectivity index (χ3v) is 9.60. The molecular formula is C22H28ClN5O5S. The lowest BCUT2D eigenvalue weighted by molar-refractivity contribution is -0.125. The molecule has 3 fully saturated rings. The number of amides is 2. The maximum absolute atomic E-state index is 13.4. The van der Waals surface area contributed by atoms with Gasteiger partial charge in [0, 0.05) is 38.4 Å². The van der Waals surface area contributed by atoms with Gasteiger partial charge in [-0.3, -0.25) is 9.69 Å². The summed E-state index contributed by atoms with van der Waals surface area (Å²) in [6.07, 6.45) is -0.593. The summed E-state index contributed by atoms with van der Waals surface area (Å²) in [6, 6.07) is 5.66. The Bertz CT molecular complexity index is 1120. The van der Waals surface area contributed by atoms with Gasteiger partial charge in [-0.1, -0.05) is 18.5 Å². The van der Waals surface area contributed by atoms with Gasteiger partial charge in [0.2, 0.25) is 5.91 Å². The first-order chi connectivity index (χ1) is 16.1. The number of benzene rings is 1. The minimum Gasteiger partial charge on any atom is -0.465 e. The fraction of sp³-hybridized carbons (Fsp3) is 0.591. The number of anilines is 1. The second kappa shape index (κ2) is 9.24. The molecule has 0 unspecified atom stereocenters. The number of nitrogens with one attached hydrogen (secondary N) is 1. The number of carbonyl (C=O) groups excluding carboxylic acids is 1. The number of halogens is 1. The van der Waals surface area contributed by atoms with Gasteiger partial charge in [0.25, 0.3) is 0 Å². The van der Waals surface area contributed by atoms with Crippen LogP contribution >= 0.6 is 11.6 Å². The summed E-state index contributed by atoms with van der Waals surface area (Å²) in [5.74, 6) is -0.646. The van der Waals surface area contributed by atoms with Crippen molar-refractivity contribution in [1.29, 1.82) is 5.26 Å². The summed E-state index contributed by atoms with van der Waals surface area (Å²) >= 11 is 6.42. The van der Waals surface area contributed by atoms with E-state index in [1.54, 1.807) is 12.1 Å². The Balaban J connectivity index is 1.51. The van der Waals surface area contributed by atoms with Gasteiger partial charge in [0.05, 0.1) is 21.2 Å². The molecule has 2 amide bonds. The molecule has 3 aliphatic rings. The molecule has 1 saturated carbocycles. The average molecular weight is 510 g/mol. The summed E-state index contributed by atoms with van der Waals surface area (Å²) in [6.45, 7) is 6.21. The minimum absolute atomic E-state index is 0.0720. The van der Waals surface area contributed by atoms with E-state index >= 15 is 0 Å². The van der Waals surface area contributed by atoms with Gasteiger partial charge in [-0.15, -0.1) is 0 Å². The predicted octanol–water partition coefficient (Wildman–Crippen LogP) is 1.55. The molecule has 0 aromatic heterocycles. The molecule has 2 atom stereocenters. The van der Waals surface area contributed by atoms with E-state index in [0.29, 0.717) is 12.8 Å². The minimum atomic E-state index is -4.00. The topological polar surface area (TPSA) is 134 Å². The molecule has 10 nitrogen and oxygen atoms in total. The highest BCUT2D eigenvalue weighted by molar-refractivity contribution is 7.92. The zero-order valence-corrected chi connectivity index (χ0v) is 20.5. The number of rotatable bonds is 6. The molecule has 2 aliphatic heterocycles. The van der Waals surface area contributed by atoms with Crippen LogP contribution in [0.25, 0.3) is 0 Å². The Morgan fingerprint density at radius 3 is 2.47 bits per heavy atom. The fourth-order valence-electron chi connectivity index (χ4n) is 4.61. The molecule has 184 valence electrons. The molecule has 34 heavy (non-hydrogen) atoms. The van der Waals surface area contributed by atoms with Crippen LogP contribution in [0.3, 0.4) is 0 Å². The first kappa shape index (κ1) is 24.6. The smallest absolute Gasteiger partial charge is 0.408 e. The van der Waals surface area contributed by atoms with Crippen LogP contribution in [0.2, 0.25) is 5.02 Å². The van der Waals surface area contributed by atoms with Crippen LogP contribution < -0.4 is 10.2 Å². The maximum Gasteiger partial charge on any atom is 0.408 e. The number of nitrogens with zero attached hydrogens (tertiary/aromatic N) is 4. The molecule has 0 bridgehead atoms. The molecule has 12 heteroatoms. The summed E-state index contributed by atoms with van der Waals surface area (Å²) < 4.78 is 26.8. The SMILES string of the molecule is CCN1CCN(c2ccc(S(=O)(=O)[C@@H]3C[C@@H](C(=O)NC4(C#N)CC4)N(C(=O)O)C3)c(Cl)c2)CC1. The van der Waals surface area contributed by atoms with E-state index in [9.17, 15) is 28.4 Å². The number of nitriles is 1. The first-order valence-corrected chi connectivity index (χ1v) is 13.3. The van der Waals surface area contributed by atoms with E-state index in [0.717, 1.165) is 43.3 Å². The standard InChI is InChI=1S/C22H28ClN5O5S/c1-2-26-7-9-27(10-8-26)15-3-4-19(17(23)11-15)34(32,33)16-12-18(28(13-16)21(30)31)20(29)25-22(14-24)5-6-22/h3-4,11,16,18H,2,5-10,12-13H2,1H3,(H,25,29)(H,30,31)/t16-,18+/m1/s1. The number of likely N-dealkylation sites (tertiary alicyclic amines) is 1. The van der Waals surface area contributed by atoms with Gasteiger partial charge < -0.3 is 20.2 Å². The lowest BCUT2D eigenvalue weighted by Crippen LogP contribution is -2.49. The molecule has 0 spiro atoms. The van der Waals surface area contributed by atoms with E-state index in [1.165, 1.54) is 6.07 Å². The van der Waals surface area contributed by atoms with E-state index in [1.807, 2.05) is 6.07 Å². The van der Waals surface area contributed by atoms with Gasteiger partial charge in [-0.25, -0.2) is 13.2 Å². The zero-order valence-electron chi connectivity index (χ0n) is 18.9. The predicted molar refractivity (Wildman–Crippen MR) is 126 cm³/mol. The molecule has 2 N–H and O–H groups in total. The van der Waals surface area contributed by atoms with Crippen molar-refractivity contribution in [3.63, 3.8) is 0 Å². The lowest BCUT2D eigenvalue weighted by Gasteiger charge is -2.35. The van der Waals surface area contributed by atoms with Crippen molar-refractivity contribution >= 4 is 39.1 Å². The highest BCUT2D eigenvalue weighted by Crippen LogP contribution is 2.37. The van der Waals surface area contributed by atoms with Gasteiger partial charge in [0.1, 0.15) is 11.6 Å². The molecule has 2 heterocycles. The number of hydrogen-bond acceptors (Lipinski definition) is 7. The Morgan fingerprint density at radius 1 is 1.26 bits per heavy atom. The summed E-state index contributed by atoms with van der Waals surface area (Å²) in [7, 11) is -4.00. The van der Waals surface area contributed by atoms with Gasteiger partial charge >= 0.3 is 6.09 Å². The Morgan fingerprint density at radius 2 is 1.94 bits per heavy atom. The number of piperazine rings is 1. The van der Waals surface area contributed by atoms with Crippen molar-refractivity contribution in [2.24, 2.45) is 0 Å². The molecule has 1 aliphatic carbocycles. The molecule has 4 rings (SSSR count). The number of carboxylic acid groups (broad SMARTS) is 1. The highest BCUT2D eigenvalue weighted by Gasteiger charge is 2.50. The van der Waals surface area contributed by atoms with Crippen molar-refractivity contribution < 1.29 is 23.1 Å². The van der Waals surface area contributed by atoms with E-state index < -0.39 is 38.7 Å². The van der Waals surface area contributed by atoms with Crippen LogP contribution in [0.4, 0.5) is 10.5 Å². The van der Waals surface area contributed by atoms with E-state index in [-0.39, 0.29) is 22.9 Å².